The van der Waals surface area contributed by atoms with E-state index in [0.29, 0.717) is 12.5 Å². The average molecular weight is 413 g/mol. The smallest absolute Gasteiger partial charge is 0.407 e. The number of halogens is 1. The van der Waals surface area contributed by atoms with Gasteiger partial charge in [-0.2, -0.15) is 0 Å². The Labute approximate surface area is 179 Å². The van der Waals surface area contributed by atoms with E-state index in [9.17, 15) is 9.18 Å². The molecular formula is C25H33FN2O2. The molecule has 1 aliphatic rings. The topological polar surface area (TPSA) is 41.6 Å². The summed E-state index contributed by atoms with van der Waals surface area (Å²) in [5.41, 5.74) is 2.16. The number of benzene rings is 2. The van der Waals surface area contributed by atoms with Gasteiger partial charge in [0.2, 0.25) is 0 Å². The highest BCUT2D eigenvalue weighted by Crippen LogP contribution is 2.25. The van der Waals surface area contributed by atoms with E-state index >= 15 is 0 Å². The summed E-state index contributed by atoms with van der Waals surface area (Å²) in [6, 6.07) is 16.7. The highest BCUT2D eigenvalue weighted by Gasteiger charge is 2.27. The van der Waals surface area contributed by atoms with Crippen LogP contribution in [0, 0.1) is 11.7 Å². The van der Waals surface area contributed by atoms with Gasteiger partial charge in [0.25, 0.3) is 0 Å². The minimum absolute atomic E-state index is 0.168. The van der Waals surface area contributed by atoms with Crippen molar-refractivity contribution in [3.05, 3.63) is 71.5 Å². The van der Waals surface area contributed by atoms with E-state index in [1.807, 2.05) is 42.5 Å². The van der Waals surface area contributed by atoms with E-state index in [2.05, 4.69) is 17.3 Å². The Morgan fingerprint density at radius 2 is 1.80 bits per heavy atom. The number of hydrogen-bond donors (Lipinski definition) is 1. The lowest BCUT2D eigenvalue weighted by Gasteiger charge is -2.34. The molecule has 30 heavy (non-hydrogen) atoms. The molecule has 0 spiro atoms. The molecule has 1 amide bonds. The number of ether oxygens (including phenoxy) is 1. The summed E-state index contributed by atoms with van der Waals surface area (Å²) in [6.07, 6.45) is 6.16. The van der Waals surface area contributed by atoms with Crippen LogP contribution in [-0.2, 0) is 17.8 Å². The molecule has 0 radical (unpaired) electrons. The number of nitrogens with zero attached hydrogens (tertiary/aromatic N) is 1. The largest absolute Gasteiger partial charge is 0.445 e. The van der Waals surface area contributed by atoms with Gasteiger partial charge in [-0.1, -0.05) is 55.3 Å². The number of rotatable bonds is 9. The third-order valence-corrected chi connectivity index (χ3v) is 5.89. The van der Waals surface area contributed by atoms with Crippen LogP contribution >= 0.6 is 0 Å². The fourth-order valence-electron chi connectivity index (χ4n) is 4.23. The maximum absolute atomic E-state index is 13.0. The van der Waals surface area contributed by atoms with Crippen LogP contribution in [0.2, 0.25) is 0 Å². The molecule has 0 saturated heterocycles. The van der Waals surface area contributed by atoms with Crippen LogP contribution in [0.3, 0.4) is 0 Å². The van der Waals surface area contributed by atoms with E-state index in [1.54, 1.807) is 0 Å². The summed E-state index contributed by atoms with van der Waals surface area (Å²) in [6.45, 7) is 2.25. The van der Waals surface area contributed by atoms with Crippen molar-refractivity contribution in [2.75, 3.05) is 20.1 Å². The Balaban J connectivity index is 1.40. The maximum atomic E-state index is 13.0. The number of carbonyl (C=O) groups excluding carboxylic acids is 1. The summed E-state index contributed by atoms with van der Waals surface area (Å²) < 4.78 is 18.4. The number of amides is 1. The summed E-state index contributed by atoms with van der Waals surface area (Å²) in [4.78, 5) is 14.6. The summed E-state index contributed by atoms with van der Waals surface area (Å²) >= 11 is 0. The van der Waals surface area contributed by atoms with E-state index in [0.717, 1.165) is 50.8 Å². The summed E-state index contributed by atoms with van der Waals surface area (Å²) in [5, 5.41) is 3.11. The lowest BCUT2D eigenvalue weighted by Crippen LogP contribution is -2.46. The van der Waals surface area contributed by atoms with Crippen molar-refractivity contribution >= 4 is 6.09 Å². The standard InChI is InChI=1S/C25H33FN2O2/c1-28(17-7-10-20-13-15-23(26)16-14-20)18-22-11-5-6-12-24(22)27-25(29)30-19-21-8-3-2-4-9-21/h2-4,8-9,13-16,22,24H,5-7,10-12,17-19H2,1H3,(H,27,29). The molecule has 0 heterocycles. The van der Waals surface area contributed by atoms with Crippen LogP contribution < -0.4 is 5.32 Å². The Hall–Kier alpha value is -2.40. The van der Waals surface area contributed by atoms with Gasteiger partial charge in [0.05, 0.1) is 0 Å². The van der Waals surface area contributed by atoms with Crippen LogP contribution in [-0.4, -0.2) is 37.2 Å². The molecule has 2 aromatic carbocycles. The third kappa shape index (κ3) is 7.45. The molecular weight excluding hydrogens is 379 g/mol. The first-order valence-electron chi connectivity index (χ1n) is 11.0. The molecule has 1 saturated carbocycles. The van der Waals surface area contributed by atoms with Crippen molar-refractivity contribution in [1.29, 1.82) is 0 Å². The molecule has 1 fully saturated rings. The Morgan fingerprint density at radius 1 is 1.07 bits per heavy atom. The zero-order valence-electron chi connectivity index (χ0n) is 17.9. The number of aryl methyl sites for hydroxylation is 1. The van der Waals surface area contributed by atoms with Gasteiger partial charge in [0, 0.05) is 12.6 Å². The predicted octanol–water partition coefficient (Wildman–Crippen LogP) is 5.18. The van der Waals surface area contributed by atoms with Crippen molar-refractivity contribution in [2.45, 2.75) is 51.2 Å². The van der Waals surface area contributed by atoms with Crippen LogP contribution in [0.1, 0.15) is 43.2 Å². The van der Waals surface area contributed by atoms with Crippen LogP contribution in [0.25, 0.3) is 0 Å². The van der Waals surface area contributed by atoms with Gasteiger partial charge in [0.1, 0.15) is 12.4 Å². The SMILES string of the molecule is CN(CCCc1ccc(F)cc1)CC1CCCCC1NC(=O)OCc1ccccc1. The molecule has 4 nitrogen and oxygen atoms in total. The van der Waals surface area contributed by atoms with Crippen LogP contribution in [0.15, 0.2) is 54.6 Å². The van der Waals surface area contributed by atoms with Gasteiger partial charge in [0.15, 0.2) is 0 Å². The molecule has 1 aliphatic carbocycles. The molecule has 1 N–H and O–H groups in total. The highest BCUT2D eigenvalue weighted by atomic mass is 19.1. The second-order valence-corrected chi connectivity index (χ2v) is 8.35. The van der Waals surface area contributed by atoms with Gasteiger partial charge in [-0.05, 0) is 68.5 Å². The van der Waals surface area contributed by atoms with Crippen LogP contribution in [0.5, 0.6) is 0 Å². The molecule has 3 rings (SSSR count). The first-order chi connectivity index (χ1) is 14.6. The summed E-state index contributed by atoms with van der Waals surface area (Å²) in [5.74, 6) is 0.257. The van der Waals surface area contributed by atoms with Crippen molar-refractivity contribution in [1.82, 2.24) is 10.2 Å². The van der Waals surface area contributed by atoms with Crippen LogP contribution in [0.4, 0.5) is 9.18 Å². The van der Waals surface area contributed by atoms with Gasteiger partial charge in [-0.25, -0.2) is 9.18 Å². The van der Waals surface area contributed by atoms with Gasteiger partial charge in [-0.15, -0.1) is 0 Å². The van der Waals surface area contributed by atoms with E-state index < -0.39 is 0 Å². The zero-order valence-corrected chi connectivity index (χ0v) is 17.9. The molecule has 0 aromatic heterocycles. The lowest BCUT2D eigenvalue weighted by atomic mass is 9.84. The Kier molecular flexibility index (Phi) is 8.69. The maximum Gasteiger partial charge on any atom is 0.407 e. The molecule has 2 aromatic rings. The number of nitrogens with one attached hydrogen (secondary N) is 1. The zero-order chi connectivity index (χ0) is 21.2. The van der Waals surface area contributed by atoms with E-state index in [1.165, 1.54) is 24.1 Å². The quantitative estimate of drug-likeness (QED) is 0.617. The first-order valence-corrected chi connectivity index (χ1v) is 11.0. The first kappa shape index (κ1) is 22.3. The second kappa shape index (κ2) is 11.7. The fraction of sp³-hybridized carbons (Fsp3) is 0.480. The monoisotopic (exact) mass is 412 g/mol. The van der Waals surface area contributed by atoms with Gasteiger partial charge < -0.3 is 15.0 Å². The summed E-state index contributed by atoms with van der Waals surface area (Å²) in [7, 11) is 2.14. The fourth-order valence-corrected chi connectivity index (χ4v) is 4.23. The average Bonchev–Trinajstić information content (AvgIpc) is 2.76. The molecule has 0 aliphatic heterocycles. The number of hydrogen-bond acceptors (Lipinski definition) is 3. The van der Waals surface area contributed by atoms with Gasteiger partial charge >= 0.3 is 6.09 Å². The molecule has 162 valence electrons. The van der Waals surface area contributed by atoms with Crippen molar-refractivity contribution in [2.24, 2.45) is 5.92 Å². The second-order valence-electron chi connectivity index (χ2n) is 8.35. The van der Waals surface area contributed by atoms with Gasteiger partial charge in [-0.3, -0.25) is 0 Å². The third-order valence-electron chi connectivity index (χ3n) is 5.89. The molecule has 0 bridgehead atoms. The minimum atomic E-state index is -0.324. The van der Waals surface area contributed by atoms with E-state index in [-0.39, 0.29) is 18.0 Å². The molecule has 5 heteroatoms. The molecule has 2 unspecified atom stereocenters. The van der Waals surface area contributed by atoms with Crippen molar-refractivity contribution in [3.8, 4) is 0 Å². The predicted molar refractivity (Wildman–Crippen MR) is 118 cm³/mol. The number of alkyl carbamates (subject to hydrolysis) is 1. The van der Waals surface area contributed by atoms with E-state index in [4.69, 9.17) is 4.74 Å². The minimum Gasteiger partial charge on any atom is -0.445 e. The Bertz CT molecular complexity index is 766. The lowest BCUT2D eigenvalue weighted by molar-refractivity contribution is 0.121. The Morgan fingerprint density at radius 3 is 2.57 bits per heavy atom. The van der Waals surface area contributed by atoms with Crippen molar-refractivity contribution in [3.63, 3.8) is 0 Å². The highest BCUT2D eigenvalue weighted by molar-refractivity contribution is 5.67. The number of carbonyl (C=O) groups is 1. The van der Waals surface area contributed by atoms with Crippen molar-refractivity contribution < 1.29 is 13.9 Å². The molecule has 2 atom stereocenters. The normalized spacial score (nSPS) is 18.9.